The second kappa shape index (κ2) is 6.10. The van der Waals surface area contributed by atoms with E-state index < -0.39 is 6.04 Å². The van der Waals surface area contributed by atoms with E-state index in [1.807, 2.05) is 24.3 Å². The summed E-state index contributed by atoms with van der Waals surface area (Å²) in [7, 11) is 1.59. The Bertz CT molecular complexity index is 595. The first-order valence-corrected chi connectivity index (χ1v) is 6.24. The number of aryl methyl sites for hydroxylation is 1. The fraction of sp³-hybridized carbons (Fsp3) is 0.286. The van der Waals surface area contributed by atoms with Crippen LogP contribution in [0, 0.1) is 6.92 Å². The smallest absolute Gasteiger partial charge is 0.247 e. The van der Waals surface area contributed by atoms with E-state index in [0.717, 1.165) is 5.69 Å². The first-order valence-electron chi connectivity index (χ1n) is 6.24. The first-order chi connectivity index (χ1) is 9.60. The van der Waals surface area contributed by atoms with E-state index in [9.17, 15) is 4.79 Å². The van der Waals surface area contributed by atoms with Crippen molar-refractivity contribution in [3.63, 3.8) is 0 Å². The molecule has 2 N–H and O–H groups in total. The van der Waals surface area contributed by atoms with Crippen LogP contribution in [-0.2, 0) is 4.79 Å². The van der Waals surface area contributed by atoms with Gasteiger partial charge >= 0.3 is 0 Å². The first kappa shape index (κ1) is 13.9. The van der Waals surface area contributed by atoms with E-state index in [1.165, 1.54) is 0 Å². The van der Waals surface area contributed by atoms with Crippen LogP contribution in [-0.4, -0.2) is 24.2 Å². The number of carbonyl (C=O) groups is 1. The summed E-state index contributed by atoms with van der Waals surface area (Å²) in [6, 6.07) is 8.64. The average Bonchev–Trinajstić information content (AvgIpc) is 2.84. The van der Waals surface area contributed by atoms with Gasteiger partial charge in [0.1, 0.15) is 17.6 Å². The highest BCUT2D eigenvalue weighted by atomic mass is 16.5. The Kier molecular flexibility index (Phi) is 4.24. The SMILES string of the molecule is COc1ccccc1N[C@@H](C)C(=O)Nc1cc(C)on1. The monoisotopic (exact) mass is 275 g/mol. The Balaban J connectivity index is 2.00. The van der Waals surface area contributed by atoms with Crippen molar-refractivity contribution < 1.29 is 14.1 Å². The normalized spacial score (nSPS) is 11.8. The zero-order valence-electron chi connectivity index (χ0n) is 11.6. The van der Waals surface area contributed by atoms with Gasteiger partial charge in [0, 0.05) is 6.07 Å². The molecule has 0 saturated carbocycles. The van der Waals surface area contributed by atoms with Crippen molar-refractivity contribution in [3.05, 3.63) is 36.1 Å². The molecule has 20 heavy (non-hydrogen) atoms. The third-order valence-electron chi connectivity index (χ3n) is 2.75. The number of rotatable bonds is 5. The lowest BCUT2D eigenvalue weighted by atomic mass is 10.2. The quantitative estimate of drug-likeness (QED) is 0.876. The van der Waals surface area contributed by atoms with Gasteiger partial charge in [0.25, 0.3) is 0 Å². The summed E-state index contributed by atoms with van der Waals surface area (Å²) >= 11 is 0. The molecule has 6 nitrogen and oxygen atoms in total. The highest BCUT2D eigenvalue weighted by Gasteiger charge is 2.15. The summed E-state index contributed by atoms with van der Waals surface area (Å²) in [6.07, 6.45) is 0. The summed E-state index contributed by atoms with van der Waals surface area (Å²) in [5.74, 6) is 1.53. The number of hydrogen-bond donors (Lipinski definition) is 2. The Morgan fingerprint density at radius 2 is 2.15 bits per heavy atom. The van der Waals surface area contributed by atoms with Crippen LogP contribution in [0.15, 0.2) is 34.9 Å². The molecule has 1 heterocycles. The maximum atomic E-state index is 12.0. The van der Waals surface area contributed by atoms with E-state index in [4.69, 9.17) is 9.26 Å². The lowest BCUT2D eigenvalue weighted by molar-refractivity contribution is -0.116. The van der Waals surface area contributed by atoms with Crippen molar-refractivity contribution in [1.29, 1.82) is 0 Å². The highest BCUT2D eigenvalue weighted by molar-refractivity contribution is 5.95. The molecule has 0 bridgehead atoms. The summed E-state index contributed by atoms with van der Waals surface area (Å²) in [5, 5.41) is 9.49. The summed E-state index contributed by atoms with van der Waals surface area (Å²) in [4.78, 5) is 12.0. The molecule has 1 atom stereocenters. The van der Waals surface area contributed by atoms with Gasteiger partial charge < -0.3 is 19.9 Å². The molecule has 2 rings (SSSR count). The Morgan fingerprint density at radius 3 is 2.80 bits per heavy atom. The fourth-order valence-electron chi connectivity index (χ4n) is 1.72. The Labute approximate surface area is 117 Å². The number of hydrogen-bond acceptors (Lipinski definition) is 5. The van der Waals surface area contributed by atoms with E-state index >= 15 is 0 Å². The maximum Gasteiger partial charge on any atom is 0.247 e. The molecule has 0 aliphatic heterocycles. The van der Waals surface area contributed by atoms with Crippen LogP contribution >= 0.6 is 0 Å². The number of benzene rings is 1. The molecule has 0 radical (unpaired) electrons. The molecule has 106 valence electrons. The van der Waals surface area contributed by atoms with E-state index in [-0.39, 0.29) is 5.91 Å². The Morgan fingerprint density at radius 1 is 1.40 bits per heavy atom. The molecule has 0 fully saturated rings. The number of para-hydroxylation sites is 2. The lowest BCUT2D eigenvalue weighted by Gasteiger charge is -2.16. The van der Waals surface area contributed by atoms with Gasteiger partial charge in [-0.15, -0.1) is 0 Å². The van der Waals surface area contributed by atoms with Crippen LogP contribution in [0.2, 0.25) is 0 Å². The second-order valence-corrected chi connectivity index (χ2v) is 4.38. The van der Waals surface area contributed by atoms with E-state index in [2.05, 4.69) is 15.8 Å². The maximum absolute atomic E-state index is 12.0. The minimum Gasteiger partial charge on any atom is -0.495 e. The molecule has 1 aromatic heterocycles. The standard InChI is InChI=1S/C14H17N3O3/c1-9-8-13(17-20-9)16-14(18)10(2)15-11-6-4-5-7-12(11)19-3/h4-8,10,15H,1-3H3,(H,16,17,18)/t10-/m0/s1. The van der Waals surface area contributed by atoms with Crippen LogP contribution in [0.25, 0.3) is 0 Å². The van der Waals surface area contributed by atoms with Gasteiger partial charge in [-0.25, -0.2) is 0 Å². The molecule has 0 spiro atoms. The molecule has 1 aromatic carbocycles. The number of amides is 1. The number of carbonyl (C=O) groups excluding carboxylic acids is 1. The van der Waals surface area contributed by atoms with Gasteiger partial charge in [-0.3, -0.25) is 4.79 Å². The number of methoxy groups -OCH3 is 1. The predicted octanol–water partition coefficient (Wildman–Crippen LogP) is 2.43. The molecular formula is C14H17N3O3. The van der Waals surface area contributed by atoms with E-state index in [1.54, 1.807) is 27.0 Å². The second-order valence-electron chi connectivity index (χ2n) is 4.38. The van der Waals surface area contributed by atoms with Crippen LogP contribution in [0.3, 0.4) is 0 Å². The molecule has 0 aliphatic rings. The summed E-state index contributed by atoms with van der Waals surface area (Å²) < 4.78 is 10.1. The van der Waals surface area contributed by atoms with Crippen LogP contribution < -0.4 is 15.4 Å². The van der Waals surface area contributed by atoms with Gasteiger partial charge in [-0.1, -0.05) is 17.3 Å². The Hall–Kier alpha value is -2.50. The average molecular weight is 275 g/mol. The molecular weight excluding hydrogens is 258 g/mol. The third-order valence-corrected chi connectivity index (χ3v) is 2.75. The minimum absolute atomic E-state index is 0.204. The highest BCUT2D eigenvalue weighted by Crippen LogP contribution is 2.23. The third kappa shape index (κ3) is 3.28. The number of aromatic nitrogens is 1. The van der Waals surface area contributed by atoms with Crippen molar-refractivity contribution in [2.45, 2.75) is 19.9 Å². The number of anilines is 2. The molecule has 0 aliphatic carbocycles. The van der Waals surface area contributed by atoms with Gasteiger partial charge in [0.15, 0.2) is 5.82 Å². The number of nitrogens with one attached hydrogen (secondary N) is 2. The van der Waals surface area contributed by atoms with Crippen molar-refractivity contribution in [2.75, 3.05) is 17.7 Å². The molecule has 0 saturated heterocycles. The van der Waals surface area contributed by atoms with Crippen molar-refractivity contribution in [2.24, 2.45) is 0 Å². The topological polar surface area (TPSA) is 76.4 Å². The van der Waals surface area contributed by atoms with Crippen molar-refractivity contribution in [3.8, 4) is 5.75 Å². The zero-order valence-corrected chi connectivity index (χ0v) is 11.6. The summed E-state index contributed by atoms with van der Waals surface area (Å²) in [5.41, 5.74) is 0.758. The van der Waals surface area contributed by atoms with Crippen LogP contribution in [0.5, 0.6) is 5.75 Å². The molecule has 2 aromatic rings. The van der Waals surface area contributed by atoms with Crippen LogP contribution in [0.4, 0.5) is 11.5 Å². The molecule has 6 heteroatoms. The molecule has 1 amide bonds. The van der Waals surface area contributed by atoms with Gasteiger partial charge in [0.2, 0.25) is 5.91 Å². The van der Waals surface area contributed by atoms with Gasteiger partial charge in [0.05, 0.1) is 12.8 Å². The number of ether oxygens (including phenoxy) is 1. The van der Waals surface area contributed by atoms with E-state index in [0.29, 0.717) is 17.3 Å². The summed E-state index contributed by atoms with van der Waals surface area (Å²) in [6.45, 7) is 3.52. The van der Waals surface area contributed by atoms with Crippen molar-refractivity contribution >= 4 is 17.4 Å². The zero-order chi connectivity index (χ0) is 14.5. The van der Waals surface area contributed by atoms with Crippen molar-refractivity contribution in [1.82, 2.24) is 5.16 Å². The van der Waals surface area contributed by atoms with Crippen LogP contribution in [0.1, 0.15) is 12.7 Å². The van der Waals surface area contributed by atoms with Gasteiger partial charge in [-0.2, -0.15) is 0 Å². The molecule has 0 unspecified atom stereocenters. The largest absolute Gasteiger partial charge is 0.495 e. The van der Waals surface area contributed by atoms with Gasteiger partial charge in [-0.05, 0) is 26.0 Å². The fourth-order valence-corrected chi connectivity index (χ4v) is 1.72. The lowest BCUT2D eigenvalue weighted by Crippen LogP contribution is -2.32. The number of nitrogens with zero attached hydrogens (tertiary/aromatic N) is 1. The minimum atomic E-state index is -0.441. The predicted molar refractivity (Wildman–Crippen MR) is 75.9 cm³/mol.